The van der Waals surface area contributed by atoms with Gasteiger partial charge >= 0.3 is 0 Å². The average Bonchev–Trinajstić information content (AvgIpc) is 2.81. The van der Waals surface area contributed by atoms with E-state index in [0.717, 1.165) is 18.0 Å². The molecule has 106 valence electrons. The summed E-state index contributed by atoms with van der Waals surface area (Å²) in [6, 6.07) is 1.53. The predicted octanol–water partition coefficient (Wildman–Crippen LogP) is 3.42. The molecule has 2 rings (SSSR count). The fourth-order valence-corrected chi connectivity index (χ4v) is 3.83. The highest BCUT2D eigenvalue weighted by molar-refractivity contribution is 4.82. The van der Waals surface area contributed by atoms with E-state index in [9.17, 15) is 0 Å². The van der Waals surface area contributed by atoms with Crippen molar-refractivity contribution in [2.24, 2.45) is 5.92 Å². The fraction of sp³-hybridized carbons (Fsp3) is 1.00. The maximum atomic E-state index is 3.94. The van der Waals surface area contributed by atoms with Crippen molar-refractivity contribution in [3.8, 4) is 0 Å². The molecule has 1 aliphatic heterocycles. The van der Waals surface area contributed by atoms with E-state index < -0.39 is 0 Å². The lowest BCUT2D eigenvalue weighted by Gasteiger charge is -2.26. The molecule has 2 unspecified atom stereocenters. The van der Waals surface area contributed by atoms with Gasteiger partial charge in [0.1, 0.15) is 0 Å². The Balaban J connectivity index is 1.72. The third-order valence-electron chi connectivity index (χ3n) is 4.97. The number of hydrogen-bond acceptors (Lipinski definition) is 2. The Morgan fingerprint density at radius 1 is 1.06 bits per heavy atom. The zero-order valence-electron chi connectivity index (χ0n) is 12.5. The van der Waals surface area contributed by atoms with Crippen molar-refractivity contribution < 1.29 is 0 Å². The molecule has 1 saturated heterocycles. The molecule has 0 aromatic rings. The van der Waals surface area contributed by atoms with E-state index in [4.69, 9.17) is 0 Å². The SMILES string of the molecule is CCCN1CCCC(NC(C)C2CCCC2)CC1. The van der Waals surface area contributed by atoms with E-state index in [0.29, 0.717) is 0 Å². The Bertz CT molecular complexity index is 223. The molecule has 18 heavy (non-hydrogen) atoms. The monoisotopic (exact) mass is 252 g/mol. The molecule has 0 bridgehead atoms. The van der Waals surface area contributed by atoms with Crippen LogP contribution in [0.5, 0.6) is 0 Å². The first kappa shape index (κ1) is 14.3. The van der Waals surface area contributed by atoms with Crippen LogP contribution in [-0.4, -0.2) is 36.6 Å². The molecule has 2 aliphatic rings. The molecular weight excluding hydrogens is 220 g/mol. The minimum Gasteiger partial charge on any atom is -0.311 e. The van der Waals surface area contributed by atoms with E-state index in [-0.39, 0.29) is 0 Å². The van der Waals surface area contributed by atoms with Crippen LogP contribution in [0.15, 0.2) is 0 Å². The standard InChI is InChI=1S/C16H32N2/c1-3-11-18-12-6-9-16(10-13-18)17-14(2)15-7-4-5-8-15/h14-17H,3-13H2,1-2H3. The largest absolute Gasteiger partial charge is 0.311 e. The Morgan fingerprint density at radius 3 is 2.56 bits per heavy atom. The summed E-state index contributed by atoms with van der Waals surface area (Å²) in [5.41, 5.74) is 0. The quantitative estimate of drug-likeness (QED) is 0.806. The Morgan fingerprint density at radius 2 is 1.83 bits per heavy atom. The topological polar surface area (TPSA) is 15.3 Å². The van der Waals surface area contributed by atoms with Crippen molar-refractivity contribution in [3.05, 3.63) is 0 Å². The van der Waals surface area contributed by atoms with Crippen molar-refractivity contribution in [2.45, 2.75) is 77.3 Å². The van der Waals surface area contributed by atoms with Gasteiger partial charge in [-0.15, -0.1) is 0 Å². The normalized spacial score (nSPS) is 29.3. The van der Waals surface area contributed by atoms with Crippen LogP contribution in [-0.2, 0) is 0 Å². The van der Waals surface area contributed by atoms with Crippen molar-refractivity contribution in [1.29, 1.82) is 0 Å². The van der Waals surface area contributed by atoms with E-state index in [1.54, 1.807) is 0 Å². The van der Waals surface area contributed by atoms with E-state index in [1.165, 1.54) is 71.0 Å². The molecule has 2 atom stereocenters. The van der Waals surface area contributed by atoms with Gasteiger partial charge in [-0.2, -0.15) is 0 Å². The summed E-state index contributed by atoms with van der Waals surface area (Å²) >= 11 is 0. The number of likely N-dealkylation sites (tertiary alicyclic amines) is 1. The predicted molar refractivity (Wildman–Crippen MR) is 78.9 cm³/mol. The highest BCUT2D eigenvalue weighted by Gasteiger charge is 2.24. The molecule has 0 spiro atoms. The summed E-state index contributed by atoms with van der Waals surface area (Å²) in [6.07, 6.45) is 11.3. The lowest BCUT2D eigenvalue weighted by atomic mass is 9.97. The second-order valence-electron chi connectivity index (χ2n) is 6.47. The molecule has 0 aromatic carbocycles. The van der Waals surface area contributed by atoms with Crippen LogP contribution in [0.1, 0.15) is 65.2 Å². The smallest absolute Gasteiger partial charge is 0.00823 e. The van der Waals surface area contributed by atoms with Gasteiger partial charge in [0, 0.05) is 12.1 Å². The van der Waals surface area contributed by atoms with Crippen LogP contribution >= 0.6 is 0 Å². The molecule has 2 fully saturated rings. The first-order chi connectivity index (χ1) is 8.79. The van der Waals surface area contributed by atoms with Crippen LogP contribution in [0.4, 0.5) is 0 Å². The molecule has 1 saturated carbocycles. The molecule has 1 heterocycles. The minimum absolute atomic E-state index is 0.746. The van der Waals surface area contributed by atoms with Gasteiger partial charge in [0.15, 0.2) is 0 Å². The lowest BCUT2D eigenvalue weighted by molar-refractivity contribution is 0.277. The van der Waals surface area contributed by atoms with Crippen LogP contribution in [0.25, 0.3) is 0 Å². The molecule has 0 amide bonds. The van der Waals surface area contributed by atoms with Gasteiger partial charge in [-0.1, -0.05) is 19.8 Å². The average molecular weight is 252 g/mol. The highest BCUT2D eigenvalue weighted by atomic mass is 15.1. The maximum Gasteiger partial charge on any atom is 0.00823 e. The van der Waals surface area contributed by atoms with Gasteiger partial charge in [0.2, 0.25) is 0 Å². The first-order valence-corrected chi connectivity index (χ1v) is 8.28. The van der Waals surface area contributed by atoms with Gasteiger partial charge in [-0.05, 0) is 71.0 Å². The second kappa shape index (κ2) is 7.49. The maximum absolute atomic E-state index is 3.94. The summed E-state index contributed by atoms with van der Waals surface area (Å²) in [5, 5.41) is 3.94. The number of hydrogen-bond donors (Lipinski definition) is 1. The van der Waals surface area contributed by atoms with Crippen molar-refractivity contribution in [3.63, 3.8) is 0 Å². The van der Waals surface area contributed by atoms with Crippen LogP contribution in [0, 0.1) is 5.92 Å². The molecule has 2 nitrogen and oxygen atoms in total. The third-order valence-corrected chi connectivity index (χ3v) is 4.97. The van der Waals surface area contributed by atoms with Gasteiger partial charge in [-0.25, -0.2) is 0 Å². The van der Waals surface area contributed by atoms with Gasteiger partial charge in [0.05, 0.1) is 0 Å². The van der Waals surface area contributed by atoms with E-state index in [1.807, 2.05) is 0 Å². The molecule has 1 aliphatic carbocycles. The molecule has 0 radical (unpaired) electrons. The van der Waals surface area contributed by atoms with Crippen molar-refractivity contribution in [1.82, 2.24) is 10.2 Å². The number of nitrogens with zero attached hydrogens (tertiary/aromatic N) is 1. The number of rotatable bonds is 5. The molecule has 2 heteroatoms. The summed E-state index contributed by atoms with van der Waals surface area (Å²) in [6.45, 7) is 8.64. The Kier molecular flexibility index (Phi) is 5.97. The zero-order valence-corrected chi connectivity index (χ0v) is 12.5. The van der Waals surface area contributed by atoms with Crippen LogP contribution in [0.3, 0.4) is 0 Å². The van der Waals surface area contributed by atoms with Gasteiger partial charge in [-0.3, -0.25) is 0 Å². The third kappa shape index (κ3) is 4.24. The summed E-state index contributed by atoms with van der Waals surface area (Å²) in [5.74, 6) is 0.958. The Labute approximate surface area is 114 Å². The molecule has 1 N–H and O–H groups in total. The first-order valence-electron chi connectivity index (χ1n) is 8.28. The fourth-order valence-electron chi connectivity index (χ4n) is 3.83. The van der Waals surface area contributed by atoms with Crippen molar-refractivity contribution >= 4 is 0 Å². The van der Waals surface area contributed by atoms with E-state index >= 15 is 0 Å². The lowest BCUT2D eigenvalue weighted by Crippen LogP contribution is -2.40. The highest BCUT2D eigenvalue weighted by Crippen LogP contribution is 2.28. The Hall–Kier alpha value is -0.0800. The van der Waals surface area contributed by atoms with Crippen LogP contribution < -0.4 is 5.32 Å². The van der Waals surface area contributed by atoms with Crippen LogP contribution in [0.2, 0.25) is 0 Å². The summed E-state index contributed by atoms with van der Waals surface area (Å²) in [7, 11) is 0. The molecular formula is C16H32N2. The van der Waals surface area contributed by atoms with E-state index in [2.05, 4.69) is 24.1 Å². The van der Waals surface area contributed by atoms with Gasteiger partial charge < -0.3 is 10.2 Å². The second-order valence-corrected chi connectivity index (χ2v) is 6.47. The van der Waals surface area contributed by atoms with Crippen molar-refractivity contribution in [2.75, 3.05) is 19.6 Å². The summed E-state index contributed by atoms with van der Waals surface area (Å²) < 4.78 is 0. The minimum atomic E-state index is 0.746. The molecule has 0 aromatic heterocycles. The zero-order chi connectivity index (χ0) is 12.8. The summed E-state index contributed by atoms with van der Waals surface area (Å²) in [4.78, 5) is 2.65. The number of nitrogens with one attached hydrogen (secondary N) is 1. The van der Waals surface area contributed by atoms with Gasteiger partial charge in [0.25, 0.3) is 0 Å².